The molecule has 0 aromatic heterocycles. The normalized spacial score (nSPS) is 22.4. The van der Waals surface area contributed by atoms with E-state index >= 15 is 0 Å². The van der Waals surface area contributed by atoms with Crippen molar-refractivity contribution in [1.82, 2.24) is 0 Å². The van der Waals surface area contributed by atoms with Gasteiger partial charge in [0.05, 0.1) is 46.8 Å². The zero-order valence-corrected chi connectivity index (χ0v) is 24.3. The minimum absolute atomic E-state index is 0.166. The maximum absolute atomic E-state index is 12.5. The second kappa shape index (κ2) is 13.1. The molecule has 8 nitrogen and oxygen atoms in total. The van der Waals surface area contributed by atoms with Crippen LogP contribution in [0.5, 0.6) is 23.0 Å². The molecule has 2 heterocycles. The standard InChI is InChI=1S/C35H36O8/c1-37-30-16-14-27(18-32(30)38-2)35(36)29(22-40-20-25-11-7-4-8-12-25)28(21-39-19-24-9-5-3-6-10-24)34(43-35)26-13-15-31-33(17-26)42-23-41-31/h3-18,28-29,34,36H,19-23H2,1-2H3/t28-,29-,34-,35+/m1/s1. The molecular weight excluding hydrogens is 548 g/mol. The molecule has 0 saturated carbocycles. The van der Waals surface area contributed by atoms with Crippen LogP contribution in [0.1, 0.15) is 28.4 Å². The number of fused-ring (bicyclic) bond motifs is 1. The quantitative estimate of drug-likeness (QED) is 0.217. The fourth-order valence-electron chi connectivity index (χ4n) is 5.82. The lowest BCUT2D eigenvalue weighted by Crippen LogP contribution is -2.38. The maximum Gasteiger partial charge on any atom is 0.231 e. The monoisotopic (exact) mass is 584 g/mol. The summed E-state index contributed by atoms with van der Waals surface area (Å²) in [5.74, 6) is -0.138. The average molecular weight is 585 g/mol. The van der Waals surface area contributed by atoms with Crippen LogP contribution in [0, 0.1) is 11.8 Å². The number of rotatable bonds is 12. The van der Waals surface area contributed by atoms with E-state index in [0.717, 1.165) is 16.7 Å². The number of hydrogen-bond donors (Lipinski definition) is 1. The number of benzene rings is 4. The van der Waals surface area contributed by atoms with Gasteiger partial charge in [-0.25, -0.2) is 0 Å². The minimum atomic E-state index is -1.72. The molecule has 0 unspecified atom stereocenters. The fourth-order valence-corrected chi connectivity index (χ4v) is 5.82. The average Bonchev–Trinajstić information content (AvgIpc) is 3.64. The fraction of sp³-hybridized carbons (Fsp3) is 0.314. The molecular formula is C35H36O8. The lowest BCUT2D eigenvalue weighted by atomic mass is 9.81. The van der Waals surface area contributed by atoms with Gasteiger partial charge in [-0.15, -0.1) is 0 Å². The van der Waals surface area contributed by atoms with Gasteiger partial charge in [0.1, 0.15) is 0 Å². The summed E-state index contributed by atoms with van der Waals surface area (Å²) < 4.78 is 41.5. The van der Waals surface area contributed by atoms with E-state index in [1.165, 1.54) is 0 Å². The van der Waals surface area contributed by atoms with Crippen LogP contribution >= 0.6 is 0 Å². The highest BCUT2D eigenvalue weighted by Gasteiger charge is 2.56. The zero-order valence-electron chi connectivity index (χ0n) is 24.3. The summed E-state index contributed by atoms with van der Waals surface area (Å²) in [6, 6.07) is 31.0. The van der Waals surface area contributed by atoms with Crippen LogP contribution in [0.15, 0.2) is 97.1 Å². The second-order valence-electron chi connectivity index (χ2n) is 10.7. The van der Waals surface area contributed by atoms with Gasteiger partial charge in [-0.1, -0.05) is 66.7 Å². The summed E-state index contributed by atoms with van der Waals surface area (Å²) in [6.45, 7) is 1.53. The zero-order chi connectivity index (χ0) is 29.6. The van der Waals surface area contributed by atoms with E-state index < -0.39 is 17.8 Å². The third kappa shape index (κ3) is 6.19. The van der Waals surface area contributed by atoms with E-state index in [1.807, 2.05) is 78.9 Å². The molecule has 0 radical (unpaired) electrons. The van der Waals surface area contributed by atoms with Crippen LogP contribution in [0.3, 0.4) is 0 Å². The Balaban J connectivity index is 1.36. The van der Waals surface area contributed by atoms with Crippen molar-refractivity contribution in [2.24, 2.45) is 11.8 Å². The Kier molecular flexibility index (Phi) is 8.81. The first-order valence-electron chi connectivity index (χ1n) is 14.3. The predicted octanol–water partition coefficient (Wildman–Crippen LogP) is 6.02. The third-order valence-electron chi connectivity index (χ3n) is 8.07. The maximum atomic E-state index is 12.5. The molecule has 1 saturated heterocycles. The van der Waals surface area contributed by atoms with Gasteiger partial charge < -0.3 is 38.3 Å². The number of aliphatic hydroxyl groups is 1. The Morgan fingerprint density at radius 2 is 1.37 bits per heavy atom. The van der Waals surface area contributed by atoms with Crippen LogP contribution < -0.4 is 18.9 Å². The summed E-state index contributed by atoms with van der Waals surface area (Å²) in [4.78, 5) is 0. The molecule has 0 amide bonds. The highest BCUT2D eigenvalue weighted by atomic mass is 16.7. The van der Waals surface area contributed by atoms with Gasteiger partial charge in [0.2, 0.25) is 6.79 Å². The molecule has 4 atom stereocenters. The largest absolute Gasteiger partial charge is 0.493 e. The topological polar surface area (TPSA) is 84.8 Å². The van der Waals surface area contributed by atoms with E-state index in [9.17, 15) is 5.11 Å². The molecule has 2 aliphatic heterocycles. The van der Waals surface area contributed by atoms with E-state index in [-0.39, 0.29) is 19.3 Å². The van der Waals surface area contributed by atoms with E-state index in [1.54, 1.807) is 32.4 Å². The first-order chi connectivity index (χ1) is 21.1. The molecule has 1 fully saturated rings. The van der Waals surface area contributed by atoms with Crippen LogP contribution in [0.2, 0.25) is 0 Å². The summed E-state index contributed by atoms with van der Waals surface area (Å²) in [5, 5.41) is 12.5. The van der Waals surface area contributed by atoms with Crippen molar-refractivity contribution in [1.29, 1.82) is 0 Å². The van der Waals surface area contributed by atoms with Crippen LogP contribution in [-0.2, 0) is 33.2 Å². The molecule has 4 aromatic rings. The Morgan fingerprint density at radius 3 is 2.05 bits per heavy atom. The van der Waals surface area contributed by atoms with Crippen molar-refractivity contribution < 1.29 is 38.3 Å². The van der Waals surface area contributed by atoms with E-state index in [0.29, 0.717) is 48.4 Å². The Morgan fingerprint density at radius 1 is 0.721 bits per heavy atom. The first kappa shape index (κ1) is 29.0. The van der Waals surface area contributed by atoms with Gasteiger partial charge in [0.25, 0.3) is 0 Å². The Labute approximate surface area is 251 Å². The van der Waals surface area contributed by atoms with E-state index in [2.05, 4.69) is 0 Å². The number of hydrogen-bond acceptors (Lipinski definition) is 8. The van der Waals surface area contributed by atoms with Gasteiger partial charge in [-0.2, -0.15) is 0 Å². The minimum Gasteiger partial charge on any atom is -0.493 e. The van der Waals surface area contributed by atoms with Crippen LogP contribution in [0.4, 0.5) is 0 Å². The number of methoxy groups -OCH3 is 2. The SMILES string of the molecule is COc1ccc([C@]2(O)O[C@H](c3ccc4c(c3)OCO4)[C@H](COCc3ccccc3)[C@H]2COCc2ccccc2)cc1OC. The number of ether oxygens (including phenoxy) is 7. The van der Waals surface area contributed by atoms with Gasteiger partial charge in [-0.3, -0.25) is 0 Å². The van der Waals surface area contributed by atoms with Gasteiger partial charge in [0, 0.05) is 17.4 Å². The van der Waals surface area contributed by atoms with Crippen molar-refractivity contribution in [2.75, 3.05) is 34.2 Å². The molecule has 224 valence electrons. The lowest BCUT2D eigenvalue weighted by molar-refractivity contribution is -0.230. The van der Waals surface area contributed by atoms with E-state index in [4.69, 9.17) is 33.2 Å². The highest BCUT2D eigenvalue weighted by molar-refractivity contribution is 5.47. The van der Waals surface area contributed by atoms with Crippen LogP contribution in [-0.4, -0.2) is 39.3 Å². The Hall–Kier alpha value is -4.08. The second-order valence-corrected chi connectivity index (χ2v) is 10.7. The van der Waals surface area contributed by atoms with Crippen molar-refractivity contribution in [2.45, 2.75) is 25.1 Å². The highest BCUT2D eigenvalue weighted by Crippen LogP contribution is 2.54. The van der Waals surface area contributed by atoms with Gasteiger partial charge in [0.15, 0.2) is 28.8 Å². The summed E-state index contributed by atoms with van der Waals surface area (Å²) >= 11 is 0. The predicted molar refractivity (Wildman–Crippen MR) is 159 cm³/mol. The molecule has 0 spiro atoms. The lowest BCUT2D eigenvalue weighted by Gasteiger charge is -2.31. The molecule has 4 aromatic carbocycles. The van der Waals surface area contributed by atoms with Gasteiger partial charge >= 0.3 is 0 Å². The molecule has 6 rings (SSSR count). The van der Waals surface area contributed by atoms with Crippen LogP contribution in [0.25, 0.3) is 0 Å². The van der Waals surface area contributed by atoms with Crippen molar-refractivity contribution >= 4 is 0 Å². The van der Waals surface area contributed by atoms with Gasteiger partial charge in [-0.05, 0) is 47.0 Å². The molecule has 43 heavy (non-hydrogen) atoms. The Bertz CT molecular complexity index is 1490. The van der Waals surface area contributed by atoms with Crippen molar-refractivity contribution in [3.63, 3.8) is 0 Å². The third-order valence-corrected chi connectivity index (χ3v) is 8.07. The summed E-state index contributed by atoms with van der Waals surface area (Å²) in [6.07, 6.45) is -0.534. The summed E-state index contributed by atoms with van der Waals surface area (Å²) in [5.41, 5.74) is 3.49. The molecule has 0 aliphatic carbocycles. The van der Waals surface area contributed by atoms with Crippen molar-refractivity contribution in [3.8, 4) is 23.0 Å². The molecule has 2 aliphatic rings. The first-order valence-corrected chi connectivity index (χ1v) is 14.3. The van der Waals surface area contributed by atoms with Crippen molar-refractivity contribution in [3.05, 3.63) is 119 Å². The molecule has 0 bridgehead atoms. The molecule has 8 heteroatoms. The molecule has 1 N–H and O–H groups in total. The summed E-state index contributed by atoms with van der Waals surface area (Å²) in [7, 11) is 3.14. The smallest absolute Gasteiger partial charge is 0.231 e.